The van der Waals surface area contributed by atoms with Crippen LogP contribution in [0.4, 0.5) is 0 Å². The fourth-order valence-electron chi connectivity index (χ4n) is 3.00. The molecule has 0 bridgehead atoms. The van der Waals surface area contributed by atoms with Gasteiger partial charge >= 0.3 is 0 Å². The molecule has 28 heavy (non-hydrogen) atoms. The van der Waals surface area contributed by atoms with Crippen LogP contribution in [0.1, 0.15) is 70.1 Å². The van der Waals surface area contributed by atoms with Crippen molar-refractivity contribution in [3.8, 4) is 0 Å². The molecule has 1 unspecified atom stereocenters. The molecule has 156 valence electrons. The molecule has 0 aliphatic carbocycles. The van der Waals surface area contributed by atoms with Gasteiger partial charge in [0.05, 0.1) is 12.0 Å². The Balaban J connectivity index is 2.99. The van der Waals surface area contributed by atoms with E-state index in [0.29, 0.717) is 5.70 Å². The second kappa shape index (κ2) is 10.1. The summed E-state index contributed by atoms with van der Waals surface area (Å²) >= 11 is -2.00. The predicted octanol–water partition coefficient (Wildman–Crippen LogP) is 3.11. The zero-order valence-corrected chi connectivity index (χ0v) is 18.7. The first-order valence-corrected chi connectivity index (χ1v) is 10.6. The maximum atomic E-state index is 12.5. The van der Waals surface area contributed by atoms with Gasteiger partial charge in [-0.05, 0) is 42.4 Å². The molecule has 1 amide bonds. The summed E-state index contributed by atoms with van der Waals surface area (Å²) < 4.78 is 14.8. The van der Waals surface area contributed by atoms with E-state index in [1.807, 2.05) is 18.2 Å². The summed E-state index contributed by atoms with van der Waals surface area (Å²) in [7, 11) is 1.61. The Morgan fingerprint density at radius 1 is 1.25 bits per heavy atom. The highest BCUT2D eigenvalue weighted by Gasteiger charge is 2.24. The maximum Gasteiger partial charge on any atom is 0.266 e. The van der Waals surface area contributed by atoms with Crippen molar-refractivity contribution in [3.05, 3.63) is 46.7 Å². The van der Waals surface area contributed by atoms with Crippen molar-refractivity contribution in [3.63, 3.8) is 0 Å². The highest BCUT2D eigenvalue weighted by atomic mass is 32.2. The van der Waals surface area contributed by atoms with Gasteiger partial charge < -0.3 is 15.0 Å². The molecule has 1 aromatic carbocycles. The van der Waals surface area contributed by atoms with Crippen molar-refractivity contribution >= 4 is 22.3 Å². The normalized spacial score (nSPS) is 13.6. The van der Waals surface area contributed by atoms with Crippen LogP contribution < -0.4 is 10.0 Å². The largest absolute Gasteiger partial charge is 0.587 e. The topological polar surface area (TPSA) is 108 Å². The molecule has 1 rings (SSSR count). The van der Waals surface area contributed by atoms with Gasteiger partial charge in [-0.3, -0.25) is 10.2 Å². The Bertz CT molecular complexity index is 711. The Kier molecular flexibility index (Phi) is 8.73. The lowest BCUT2D eigenvalue weighted by atomic mass is 9.87. The minimum atomic E-state index is -2.00. The van der Waals surface area contributed by atoms with E-state index in [2.05, 4.69) is 37.7 Å². The number of rotatable bonds is 7. The monoisotopic (exact) mass is 407 g/mol. The van der Waals surface area contributed by atoms with E-state index in [0.717, 1.165) is 16.7 Å². The van der Waals surface area contributed by atoms with Crippen molar-refractivity contribution < 1.29 is 14.5 Å². The second-order valence-electron chi connectivity index (χ2n) is 7.93. The van der Waals surface area contributed by atoms with Gasteiger partial charge in [-0.2, -0.15) is 4.72 Å². The zero-order chi connectivity index (χ0) is 21.6. The number of aliphatic hydroxyl groups is 1. The van der Waals surface area contributed by atoms with E-state index in [1.165, 1.54) is 6.08 Å². The lowest BCUT2D eigenvalue weighted by molar-refractivity contribution is -0.118. The predicted molar refractivity (Wildman–Crippen MR) is 116 cm³/mol. The van der Waals surface area contributed by atoms with E-state index in [1.54, 1.807) is 20.9 Å². The Labute approximate surface area is 171 Å². The van der Waals surface area contributed by atoms with Crippen molar-refractivity contribution in [2.45, 2.75) is 65.4 Å². The number of nitrogens with one attached hydrogen (secondary N) is 3. The van der Waals surface area contributed by atoms with Gasteiger partial charge in [0.15, 0.2) is 0 Å². The molecule has 0 heterocycles. The quantitative estimate of drug-likeness (QED) is 0.316. The SMILES string of the molecule is CN/C(=C\C(=N)[S+]([O-])NC(=O)Cc1c(C(C)C)cccc1C(C)C)C(C)(C)O. The van der Waals surface area contributed by atoms with Crippen LogP contribution in [0.2, 0.25) is 0 Å². The summed E-state index contributed by atoms with van der Waals surface area (Å²) in [5.74, 6) is 0.122. The van der Waals surface area contributed by atoms with Gasteiger partial charge in [0.1, 0.15) is 11.4 Å². The molecule has 4 N–H and O–H groups in total. The fraction of sp³-hybridized carbons (Fsp3) is 0.524. The average molecular weight is 408 g/mol. The third kappa shape index (κ3) is 6.65. The van der Waals surface area contributed by atoms with E-state index < -0.39 is 22.9 Å². The van der Waals surface area contributed by atoms with Crippen LogP contribution in [-0.4, -0.2) is 33.3 Å². The Hall–Kier alpha value is -1.83. The smallest absolute Gasteiger partial charge is 0.266 e. The molecule has 0 fully saturated rings. The molecule has 1 aromatic rings. The molecule has 6 nitrogen and oxygen atoms in total. The molecular weight excluding hydrogens is 374 g/mol. The van der Waals surface area contributed by atoms with Crippen LogP contribution in [0.5, 0.6) is 0 Å². The number of likely N-dealkylation sites (N-methyl/N-ethyl adjacent to an activating group) is 1. The first kappa shape index (κ1) is 24.2. The number of benzene rings is 1. The zero-order valence-electron chi connectivity index (χ0n) is 17.8. The number of carbonyl (C=O) groups is 1. The highest BCUT2D eigenvalue weighted by molar-refractivity contribution is 8.05. The lowest BCUT2D eigenvalue weighted by Crippen LogP contribution is -2.38. The molecule has 0 saturated heterocycles. The van der Waals surface area contributed by atoms with E-state index in [4.69, 9.17) is 5.41 Å². The Morgan fingerprint density at radius 3 is 2.14 bits per heavy atom. The number of hydrogen-bond acceptors (Lipinski definition) is 5. The third-order valence-corrected chi connectivity index (χ3v) is 5.37. The van der Waals surface area contributed by atoms with E-state index in [-0.39, 0.29) is 23.3 Å². The molecule has 0 aliphatic rings. The first-order valence-electron chi connectivity index (χ1n) is 9.42. The van der Waals surface area contributed by atoms with Crippen molar-refractivity contribution in [1.29, 1.82) is 5.41 Å². The van der Waals surface area contributed by atoms with Crippen molar-refractivity contribution in [2.24, 2.45) is 0 Å². The summed E-state index contributed by atoms with van der Waals surface area (Å²) in [5, 5.41) is 20.5. The van der Waals surface area contributed by atoms with Crippen molar-refractivity contribution in [1.82, 2.24) is 10.0 Å². The summed E-state index contributed by atoms with van der Waals surface area (Å²) in [4.78, 5) is 12.5. The fourth-order valence-corrected chi connectivity index (χ4v) is 3.62. The molecular formula is C21H33N3O3S. The maximum absolute atomic E-state index is 12.5. The molecule has 0 spiro atoms. The summed E-state index contributed by atoms with van der Waals surface area (Å²) in [5.41, 5.74) is 2.28. The molecule has 0 aromatic heterocycles. The van der Waals surface area contributed by atoms with Gasteiger partial charge in [-0.25, -0.2) is 0 Å². The minimum absolute atomic E-state index is 0.106. The molecule has 0 saturated carbocycles. The van der Waals surface area contributed by atoms with Crippen LogP contribution in [0.25, 0.3) is 0 Å². The van der Waals surface area contributed by atoms with Gasteiger partial charge in [0, 0.05) is 18.8 Å². The molecule has 0 aliphatic heterocycles. The number of carbonyl (C=O) groups excluding carboxylic acids is 1. The van der Waals surface area contributed by atoms with Crippen LogP contribution >= 0.6 is 0 Å². The summed E-state index contributed by atoms with van der Waals surface area (Å²) in [6, 6.07) is 6.04. The third-order valence-electron chi connectivity index (χ3n) is 4.44. The highest BCUT2D eigenvalue weighted by Crippen LogP contribution is 2.28. The molecule has 1 atom stereocenters. The van der Waals surface area contributed by atoms with Gasteiger partial charge in [0.2, 0.25) is 0 Å². The van der Waals surface area contributed by atoms with E-state index >= 15 is 0 Å². The minimum Gasteiger partial charge on any atom is -0.587 e. The summed E-state index contributed by atoms with van der Waals surface area (Å²) in [6.07, 6.45) is 1.38. The van der Waals surface area contributed by atoms with Crippen LogP contribution in [-0.2, 0) is 22.6 Å². The summed E-state index contributed by atoms with van der Waals surface area (Å²) in [6.45, 7) is 11.4. The lowest BCUT2D eigenvalue weighted by Gasteiger charge is -2.21. The van der Waals surface area contributed by atoms with Gasteiger partial charge in [-0.15, -0.1) is 0 Å². The number of hydrogen-bond donors (Lipinski definition) is 4. The molecule has 7 heteroatoms. The van der Waals surface area contributed by atoms with Crippen LogP contribution in [0.15, 0.2) is 30.0 Å². The standard InChI is InChI=1S/C21H33N3O3S/c1-13(2)15-9-8-10-16(14(3)4)17(15)11-20(25)24-28(27)19(22)12-18(23-7)21(5,6)26/h8-10,12-14,22-23,26H,11H2,1-7H3,(H,24,25)/b18-12-,22-19?. The van der Waals surface area contributed by atoms with Crippen molar-refractivity contribution in [2.75, 3.05) is 7.05 Å². The first-order chi connectivity index (χ1) is 12.9. The molecule has 0 radical (unpaired) electrons. The van der Waals surface area contributed by atoms with Gasteiger partial charge in [-0.1, -0.05) is 45.9 Å². The second-order valence-corrected chi connectivity index (χ2v) is 9.11. The van der Waals surface area contributed by atoms with Crippen LogP contribution in [0, 0.1) is 5.41 Å². The van der Waals surface area contributed by atoms with E-state index in [9.17, 15) is 14.5 Å². The number of amides is 1. The van der Waals surface area contributed by atoms with Crippen LogP contribution in [0.3, 0.4) is 0 Å². The van der Waals surface area contributed by atoms with Gasteiger partial charge in [0.25, 0.3) is 11.0 Å². The average Bonchev–Trinajstić information content (AvgIpc) is 2.57. The Morgan fingerprint density at radius 2 is 1.75 bits per heavy atom.